The van der Waals surface area contributed by atoms with Crippen molar-refractivity contribution in [1.82, 2.24) is 25.1 Å². The van der Waals surface area contributed by atoms with E-state index >= 15 is 0 Å². The maximum atomic E-state index is 13.6. The lowest BCUT2D eigenvalue weighted by molar-refractivity contribution is 0.0784. The zero-order chi connectivity index (χ0) is 20.2. The van der Waals surface area contributed by atoms with Gasteiger partial charge >= 0.3 is 0 Å². The van der Waals surface area contributed by atoms with Crippen LogP contribution in [-0.4, -0.2) is 50.7 Å². The summed E-state index contributed by atoms with van der Waals surface area (Å²) in [4.78, 5) is 22.7. The number of aromatic amines is 1. The molecule has 1 amide bonds. The summed E-state index contributed by atoms with van der Waals surface area (Å²) >= 11 is 0. The Morgan fingerprint density at radius 2 is 2.17 bits per heavy atom. The van der Waals surface area contributed by atoms with Gasteiger partial charge in [-0.1, -0.05) is 12.1 Å². The number of hydrogen-bond acceptors (Lipinski definition) is 5. The molecule has 3 heterocycles. The van der Waals surface area contributed by atoms with Crippen LogP contribution in [0.4, 0.5) is 4.39 Å². The van der Waals surface area contributed by atoms with Crippen molar-refractivity contribution in [2.24, 2.45) is 0 Å². The molecule has 29 heavy (non-hydrogen) atoms. The Morgan fingerprint density at radius 3 is 2.97 bits per heavy atom. The molecule has 3 aromatic rings. The number of aromatic nitrogens is 4. The first-order valence-corrected chi connectivity index (χ1v) is 9.59. The number of hydrogen-bond donors (Lipinski definition) is 1. The molecular formula is C21H22FN5O2. The summed E-state index contributed by atoms with van der Waals surface area (Å²) in [6.07, 6.45) is 4.56. The quantitative estimate of drug-likeness (QED) is 0.694. The fourth-order valence-corrected chi connectivity index (χ4v) is 3.40. The predicted octanol–water partition coefficient (Wildman–Crippen LogP) is 2.90. The van der Waals surface area contributed by atoms with Crippen LogP contribution < -0.4 is 4.74 Å². The third-order valence-corrected chi connectivity index (χ3v) is 5.01. The van der Waals surface area contributed by atoms with Crippen molar-refractivity contribution in [3.05, 3.63) is 71.3 Å². The number of rotatable bonds is 6. The average molecular weight is 395 g/mol. The number of carbonyl (C=O) groups is 1. The number of halogens is 1. The van der Waals surface area contributed by atoms with Crippen LogP contribution in [0.15, 0.2) is 42.7 Å². The summed E-state index contributed by atoms with van der Waals surface area (Å²) in [6.45, 7) is 3.45. The molecule has 1 aromatic carbocycles. The summed E-state index contributed by atoms with van der Waals surface area (Å²) < 4.78 is 19.1. The summed E-state index contributed by atoms with van der Waals surface area (Å²) in [5.74, 6) is -0.0490. The van der Waals surface area contributed by atoms with Crippen LogP contribution in [0.1, 0.15) is 39.9 Å². The molecule has 1 unspecified atom stereocenters. The lowest BCUT2D eigenvalue weighted by Gasteiger charge is -2.15. The van der Waals surface area contributed by atoms with Gasteiger partial charge < -0.3 is 9.64 Å². The van der Waals surface area contributed by atoms with Gasteiger partial charge in [-0.05, 0) is 31.5 Å². The highest BCUT2D eigenvalue weighted by molar-refractivity contribution is 5.92. The molecule has 1 atom stereocenters. The second kappa shape index (κ2) is 8.38. The van der Waals surface area contributed by atoms with E-state index < -0.39 is 0 Å². The van der Waals surface area contributed by atoms with E-state index in [4.69, 9.17) is 4.74 Å². The maximum Gasteiger partial charge on any atom is 0.274 e. The molecule has 0 radical (unpaired) electrons. The highest BCUT2D eigenvalue weighted by Crippen LogP contribution is 2.27. The number of ether oxygens (including phenoxy) is 1. The first-order valence-electron chi connectivity index (χ1n) is 9.59. The SMILES string of the molecule is Cc1cnc(C(=O)N2CCC(c3cc(CCOc4ccccc4F)[nH]n3)C2)cn1. The Morgan fingerprint density at radius 1 is 1.31 bits per heavy atom. The Kier molecular flexibility index (Phi) is 5.50. The van der Waals surface area contributed by atoms with Crippen LogP contribution in [0, 0.1) is 12.7 Å². The van der Waals surface area contributed by atoms with Crippen molar-refractivity contribution >= 4 is 5.91 Å². The first kappa shape index (κ1) is 19.0. The minimum Gasteiger partial charge on any atom is -0.490 e. The number of aryl methyl sites for hydroxylation is 1. The molecule has 2 aromatic heterocycles. The molecular weight excluding hydrogens is 373 g/mol. The van der Waals surface area contributed by atoms with E-state index in [0.717, 1.165) is 23.5 Å². The fourth-order valence-electron chi connectivity index (χ4n) is 3.40. The molecule has 1 aliphatic heterocycles. The minimum absolute atomic E-state index is 0.103. The van der Waals surface area contributed by atoms with Gasteiger partial charge in [0.15, 0.2) is 11.6 Å². The molecule has 1 fully saturated rings. The summed E-state index contributed by atoms with van der Waals surface area (Å²) in [5, 5.41) is 7.41. The monoisotopic (exact) mass is 395 g/mol. The number of para-hydroxylation sites is 1. The average Bonchev–Trinajstić information content (AvgIpc) is 3.39. The van der Waals surface area contributed by atoms with E-state index in [2.05, 4.69) is 20.2 Å². The largest absolute Gasteiger partial charge is 0.490 e. The van der Waals surface area contributed by atoms with Gasteiger partial charge in [-0.2, -0.15) is 5.10 Å². The number of H-pyrrole nitrogens is 1. The van der Waals surface area contributed by atoms with Crippen LogP contribution >= 0.6 is 0 Å². The van der Waals surface area contributed by atoms with Crippen LogP contribution in [-0.2, 0) is 6.42 Å². The molecule has 8 heteroatoms. The molecule has 0 bridgehead atoms. The molecule has 1 saturated heterocycles. The van der Waals surface area contributed by atoms with Crippen LogP contribution in [0.25, 0.3) is 0 Å². The Labute approximate surface area is 167 Å². The Bertz CT molecular complexity index is 989. The van der Waals surface area contributed by atoms with Gasteiger partial charge in [-0.3, -0.25) is 14.9 Å². The van der Waals surface area contributed by atoms with Crippen molar-refractivity contribution in [2.75, 3.05) is 19.7 Å². The smallest absolute Gasteiger partial charge is 0.274 e. The van der Waals surface area contributed by atoms with Crippen molar-refractivity contribution < 1.29 is 13.9 Å². The molecule has 0 saturated carbocycles. The summed E-state index contributed by atoms with van der Waals surface area (Å²) in [5.41, 5.74) is 3.00. The minimum atomic E-state index is -0.369. The zero-order valence-electron chi connectivity index (χ0n) is 16.1. The van der Waals surface area contributed by atoms with Crippen LogP contribution in [0.5, 0.6) is 5.75 Å². The number of amides is 1. The normalized spacial score (nSPS) is 16.2. The van der Waals surface area contributed by atoms with Crippen LogP contribution in [0.2, 0.25) is 0 Å². The number of benzene rings is 1. The van der Waals surface area contributed by atoms with Crippen molar-refractivity contribution in [3.8, 4) is 5.75 Å². The third kappa shape index (κ3) is 4.42. The number of nitrogens with one attached hydrogen (secondary N) is 1. The van der Waals surface area contributed by atoms with Gasteiger partial charge in [-0.25, -0.2) is 9.37 Å². The van der Waals surface area contributed by atoms with Gasteiger partial charge in [0.2, 0.25) is 0 Å². The lowest BCUT2D eigenvalue weighted by atomic mass is 10.0. The number of nitrogens with zero attached hydrogens (tertiary/aromatic N) is 4. The highest BCUT2D eigenvalue weighted by Gasteiger charge is 2.30. The molecule has 150 valence electrons. The summed E-state index contributed by atoms with van der Waals surface area (Å²) in [6, 6.07) is 8.34. The lowest BCUT2D eigenvalue weighted by Crippen LogP contribution is -2.29. The van der Waals surface area contributed by atoms with Crippen molar-refractivity contribution in [3.63, 3.8) is 0 Å². The van der Waals surface area contributed by atoms with Gasteiger partial charge in [-0.15, -0.1) is 0 Å². The van der Waals surface area contributed by atoms with Crippen molar-refractivity contribution in [1.29, 1.82) is 0 Å². The molecule has 7 nitrogen and oxygen atoms in total. The Balaban J connectivity index is 1.31. The second-order valence-electron chi connectivity index (χ2n) is 7.13. The predicted molar refractivity (Wildman–Crippen MR) is 104 cm³/mol. The van der Waals surface area contributed by atoms with Crippen molar-refractivity contribution in [2.45, 2.75) is 25.7 Å². The number of likely N-dealkylation sites (tertiary alicyclic amines) is 1. The maximum absolute atomic E-state index is 13.6. The molecule has 4 rings (SSSR count). The molecule has 1 aliphatic rings. The van der Waals surface area contributed by atoms with E-state index in [9.17, 15) is 9.18 Å². The molecule has 0 aliphatic carbocycles. The van der Waals surface area contributed by atoms with Gasteiger partial charge in [0, 0.05) is 37.3 Å². The number of carbonyl (C=O) groups excluding carboxylic acids is 1. The first-order chi connectivity index (χ1) is 14.1. The van der Waals surface area contributed by atoms with E-state index in [0.29, 0.717) is 31.8 Å². The van der Waals surface area contributed by atoms with E-state index in [-0.39, 0.29) is 23.4 Å². The van der Waals surface area contributed by atoms with Gasteiger partial charge in [0.05, 0.1) is 24.2 Å². The highest BCUT2D eigenvalue weighted by atomic mass is 19.1. The van der Waals surface area contributed by atoms with E-state index in [1.807, 2.05) is 13.0 Å². The van der Waals surface area contributed by atoms with E-state index in [1.54, 1.807) is 29.3 Å². The second-order valence-corrected chi connectivity index (χ2v) is 7.13. The molecule has 0 spiro atoms. The third-order valence-electron chi connectivity index (χ3n) is 5.01. The fraction of sp³-hybridized carbons (Fsp3) is 0.333. The topological polar surface area (TPSA) is 84.0 Å². The van der Waals surface area contributed by atoms with Gasteiger partial charge in [0.25, 0.3) is 5.91 Å². The zero-order valence-corrected chi connectivity index (χ0v) is 16.1. The molecule has 1 N–H and O–H groups in total. The Hall–Kier alpha value is -3.29. The standard InChI is InChI=1S/C21H22FN5O2/c1-14-11-24-19(12-23-14)21(28)27-8-6-15(13-27)18-10-16(25-26-18)7-9-29-20-5-3-2-4-17(20)22/h2-5,10-12,15H,6-9,13H2,1H3,(H,25,26). The van der Waals surface area contributed by atoms with Gasteiger partial charge in [0.1, 0.15) is 5.69 Å². The van der Waals surface area contributed by atoms with E-state index in [1.165, 1.54) is 12.3 Å². The summed E-state index contributed by atoms with van der Waals surface area (Å²) in [7, 11) is 0. The van der Waals surface area contributed by atoms with Crippen LogP contribution in [0.3, 0.4) is 0 Å².